The van der Waals surface area contributed by atoms with E-state index in [1.807, 2.05) is 17.8 Å². The van der Waals surface area contributed by atoms with Gasteiger partial charge in [0.2, 0.25) is 0 Å². The number of nitrogens with one attached hydrogen (secondary N) is 1. The molecule has 0 spiro atoms. The Morgan fingerprint density at radius 2 is 2.53 bits per heavy atom. The molecule has 0 saturated carbocycles. The fraction of sp³-hybridized carbons (Fsp3) is 0.667. The zero-order valence-electron chi connectivity index (χ0n) is 9.45. The largest absolute Gasteiger partial charge is 0.468 e. The average molecular weight is 225 g/mol. The Balaban J connectivity index is 1.80. The Bertz CT molecular complexity index is 304. The summed E-state index contributed by atoms with van der Waals surface area (Å²) in [5.74, 6) is 2.13. The van der Waals surface area contributed by atoms with E-state index in [0.29, 0.717) is 11.3 Å². The highest BCUT2D eigenvalue weighted by Crippen LogP contribution is 2.25. The average Bonchev–Trinajstić information content (AvgIpc) is 2.85. The molecule has 1 aliphatic rings. The van der Waals surface area contributed by atoms with Crippen LogP contribution in [0.25, 0.3) is 0 Å². The number of thioether (sulfide) groups is 1. The highest BCUT2D eigenvalue weighted by molar-refractivity contribution is 7.99. The summed E-state index contributed by atoms with van der Waals surface area (Å²) in [7, 11) is 0. The zero-order chi connectivity index (χ0) is 10.7. The van der Waals surface area contributed by atoms with E-state index < -0.39 is 0 Å². The lowest BCUT2D eigenvalue weighted by molar-refractivity contribution is 0.526. The molecule has 1 aromatic heterocycles. The van der Waals surface area contributed by atoms with Crippen molar-refractivity contribution < 1.29 is 4.42 Å². The maximum atomic E-state index is 5.44. The minimum Gasteiger partial charge on any atom is -0.468 e. The van der Waals surface area contributed by atoms with Crippen LogP contribution in [0.1, 0.15) is 31.1 Å². The second-order valence-electron chi connectivity index (χ2n) is 4.25. The van der Waals surface area contributed by atoms with Gasteiger partial charge >= 0.3 is 0 Å². The van der Waals surface area contributed by atoms with Crippen molar-refractivity contribution in [2.24, 2.45) is 0 Å². The van der Waals surface area contributed by atoms with Crippen LogP contribution in [0.15, 0.2) is 16.7 Å². The van der Waals surface area contributed by atoms with Crippen LogP contribution < -0.4 is 5.32 Å². The lowest BCUT2D eigenvalue weighted by Gasteiger charge is -2.18. The maximum absolute atomic E-state index is 5.44. The lowest BCUT2D eigenvalue weighted by Crippen LogP contribution is -2.30. The van der Waals surface area contributed by atoms with E-state index in [0.717, 1.165) is 11.5 Å². The summed E-state index contributed by atoms with van der Waals surface area (Å²) in [5.41, 5.74) is 1.27. The molecule has 0 bridgehead atoms. The van der Waals surface area contributed by atoms with E-state index in [9.17, 15) is 0 Å². The van der Waals surface area contributed by atoms with Crippen LogP contribution in [-0.2, 0) is 5.75 Å². The van der Waals surface area contributed by atoms with E-state index in [1.165, 1.54) is 24.9 Å². The summed E-state index contributed by atoms with van der Waals surface area (Å²) in [6.45, 7) is 5.61. The van der Waals surface area contributed by atoms with E-state index >= 15 is 0 Å². The summed E-state index contributed by atoms with van der Waals surface area (Å²) in [4.78, 5) is 0. The van der Waals surface area contributed by atoms with Crippen molar-refractivity contribution in [2.45, 2.75) is 43.7 Å². The third-order valence-electron chi connectivity index (χ3n) is 3.11. The van der Waals surface area contributed by atoms with Crippen LogP contribution in [-0.4, -0.2) is 17.8 Å². The first-order valence-electron chi connectivity index (χ1n) is 5.65. The summed E-state index contributed by atoms with van der Waals surface area (Å²) >= 11 is 1.99. The molecule has 1 aliphatic heterocycles. The van der Waals surface area contributed by atoms with E-state index in [4.69, 9.17) is 4.42 Å². The van der Waals surface area contributed by atoms with Crippen molar-refractivity contribution in [1.29, 1.82) is 0 Å². The Hall–Kier alpha value is -0.410. The van der Waals surface area contributed by atoms with Crippen molar-refractivity contribution in [3.8, 4) is 0 Å². The van der Waals surface area contributed by atoms with Crippen LogP contribution in [0.2, 0.25) is 0 Å². The quantitative estimate of drug-likeness (QED) is 0.853. The molecule has 0 amide bonds. The third-order valence-corrected chi connectivity index (χ3v) is 4.39. The summed E-state index contributed by atoms with van der Waals surface area (Å²) in [6.07, 6.45) is 4.43. The van der Waals surface area contributed by atoms with Gasteiger partial charge in [-0.25, -0.2) is 0 Å². The molecule has 1 N–H and O–H groups in total. The predicted molar refractivity (Wildman–Crippen MR) is 65.2 cm³/mol. The SMILES string of the molecule is Cc1ccoc1CSC(C)C1CCCN1. The molecule has 2 atom stereocenters. The number of aryl methyl sites for hydroxylation is 1. The molecular weight excluding hydrogens is 206 g/mol. The summed E-state index contributed by atoms with van der Waals surface area (Å²) in [5, 5.41) is 4.23. The molecule has 2 nitrogen and oxygen atoms in total. The van der Waals surface area contributed by atoms with Crippen molar-refractivity contribution in [3.05, 3.63) is 23.7 Å². The first-order chi connectivity index (χ1) is 7.27. The third kappa shape index (κ3) is 2.79. The Morgan fingerprint density at radius 3 is 3.13 bits per heavy atom. The van der Waals surface area contributed by atoms with Crippen LogP contribution >= 0.6 is 11.8 Å². The number of hydrogen-bond donors (Lipinski definition) is 1. The predicted octanol–water partition coefficient (Wildman–Crippen LogP) is 2.96. The first-order valence-corrected chi connectivity index (χ1v) is 6.70. The van der Waals surface area contributed by atoms with Crippen LogP contribution in [0.5, 0.6) is 0 Å². The van der Waals surface area contributed by atoms with Crippen LogP contribution in [0.3, 0.4) is 0 Å². The van der Waals surface area contributed by atoms with Gasteiger partial charge in [0.1, 0.15) is 5.76 Å². The molecule has 2 heterocycles. The topological polar surface area (TPSA) is 25.2 Å². The molecule has 1 saturated heterocycles. The molecule has 0 aliphatic carbocycles. The molecule has 1 aromatic rings. The van der Waals surface area contributed by atoms with Crippen molar-refractivity contribution in [1.82, 2.24) is 5.32 Å². The number of hydrogen-bond acceptors (Lipinski definition) is 3. The van der Waals surface area contributed by atoms with Gasteiger partial charge in [0.25, 0.3) is 0 Å². The fourth-order valence-electron chi connectivity index (χ4n) is 1.99. The van der Waals surface area contributed by atoms with Gasteiger partial charge in [-0.05, 0) is 37.9 Å². The molecular formula is C12H19NOS. The van der Waals surface area contributed by atoms with Gasteiger partial charge in [0.15, 0.2) is 0 Å². The molecule has 1 fully saturated rings. The molecule has 84 valence electrons. The number of furan rings is 1. The monoisotopic (exact) mass is 225 g/mol. The standard InChI is InChI=1S/C12H19NOS/c1-9-5-7-14-12(9)8-15-10(2)11-4-3-6-13-11/h5,7,10-11,13H,3-4,6,8H2,1-2H3. The Labute approximate surface area is 95.8 Å². The van der Waals surface area contributed by atoms with E-state index in [2.05, 4.69) is 19.2 Å². The smallest absolute Gasteiger partial charge is 0.116 e. The molecule has 3 heteroatoms. The van der Waals surface area contributed by atoms with Gasteiger partial charge in [0, 0.05) is 11.3 Å². The van der Waals surface area contributed by atoms with Crippen LogP contribution in [0.4, 0.5) is 0 Å². The molecule has 2 rings (SSSR count). The highest BCUT2D eigenvalue weighted by Gasteiger charge is 2.21. The molecule has 0 radical (unpaired) electrons. The summed E-state index contributed by atoms with van der Waals surface area (Å²) < 4.78 is 5.44. The lowest BCUT2D eigenvalue weighted by atomic mass is 10.2. The van der Waals surface area contributed by atoms with Crippen molar-refractivity contribution in [2.75, 3.05) is 6.54 Å². The first kappa shape index (κ1) is 11.1. The highest BCUT2D eigenvalue weighted by atomic mass is 32.2. The zero-order valence-corrected chi connectivity index (χ0v) is 10.3. The Kier molecular flexibility index (Phi) is 3.76. The Morgan fingerprint density at radius 1 is 1.67 bits per heavy atom. The van der Waals surface area contributed by atoms with E-state index in [1.54, 1.807) is 6.26 Å². The molecule has 0 aromatic carbocycles. The van der Waals surface area contributed by atoms with Gasteiger partial charge in [-0.3, -0.25) is 0 Å². The van der Waals surface area contributed by atoms with Gasteiger partial charge in [-0.1, -0.05) is 6.92 Å². The second kappa shape index (κ2) is 5.08. The normalized spacial score (nSPS) is 23.2. The second-order valence-corrected chi connectivity index (χ2v) is 5.61. The minimum absolute atomic E-state index is 0.678. The molecule has 2 unspecified atom stereocenters. The fourth-order valence-corrected chi connectivity index (χ4v) is 3.16. The minimum atomic E-state index is 0.678. The van der Waals surface area contributed by atoms with Gasteiger partial charge in [-0.2, -0.15) is 0 Å². The van der Waals surface area contributed by atoms with Crippen molar-refractivity contribution in [3.63, 3.8) is 0 Å². The van der Waals surface area contributed by atoms with Crippen molar-refractivity contribution >= 4 is 11.8 Å². The van der Waals surface area contributed by atoms with Gasteiger partial charge < -0.3 is 9.73 Å². The van der Waals surface area contributed by atoms with Gasteiger partial charge in [-0.15, -0.1) is 11.8 Å². The molecule has 15 heavy (non-hydrogen) atoms. The van der Waals surface area contributed by atoms with Gasteiger partial charge in [0.05, 0.1) is 12.0 Å². The maximum Gasteiger partial charge on any atom is 0.116 e. The van der Waals surface area contributed by atoms with E-state index in [-0.39, 0.29) is 0 Å². The van der Waals surface area contributed by atoms with Crippen LogP contribution in [0, 0.1) is 6.92 Å². The summed E-state index contributed by atoms with van der Waals surface area (Å²) in [6, 6.07) is 2.74. The number of rotatable bonds is 4.